The Labute approximate surface area is 116 Å². The summed E-state index contributed by atoms with van der Waals surface area (Å²) in [6.45, 7) is 5.22. The van der Waals surface area contributed by atoms with E-state index in [-0.39, 0.29) is 5.60 Å². The highest BCUT2D eigenvalue weighted by Crippen LogP contribution is 2.38. The van der Waals surface area contributed by atoms with E-state index in [4.69, 9.17) is 10.00 Å². The van der Waals surface area contributed by atoms with Crippen molar-refractivity contribution in [2.75, 3.05) is 20.7 Å². The highest BCUT2D eigenvalue weighted by atomic mass is 16.5. The van der Waals surface area contributed by atoms with E-state index in [1.807, 2.05) is 25.2 Å². The Morgan fingerprint density at radius 1 is 1.42 bits per heavy atom. The van der Waals surface area contributed by atoms with Gasteiger partial charge in [0.15, 0.2) is 0 Å². The van der Waals surface area contributed by atoms with Gasteiger partial charge >= 0.3 is 0 Å². The number of ether oxygens (including phenoxy) is 1. The van der Waals surface area contributed by atoms with Gasteiger partial charge in [-0.05, 0) is 37.6 Å². The molecule has 0 aliphatic rings. The molecule has 0 heterocycles. The summed E-state index contributed by atoms with van der Waals surface area (Å²) in [5.74, 6) is 0.376. The van der Waals surface area contributed by atoms with Crippen molar-refractivity contribution < 1.29 is 4.74 Å². The van der Waals surface area contributed by atoms with Gasteiger partial charge in [0.2, 0.25) is 0 Å². The third kappa shape index (κ3) is 3.15. The Bertz CT molecular complexity index is 433. The van der Waals surface area contributed by atoms with Gasteiger partial charge in [-0.25, -0.2) is 0 Å². The molecular formula is C16H24N2O. The molecule has 0 amide bonds. The molecule has 0 aliphatic carbocycles. The Kier molecular flexibility index (Phi) is 6.01. The van der Waals surface area contributed by atoms with Crippen molar-refractivity contribution in [2.45, 2.75) is 32.3 Å². The zero-order valence-electron chi connectivity index (χ0n) is 12.4. The molecule has 3 heteroatoms. The Morgan fingerprint density at radius 2 is 2.16 bits per heavy atom. The number of methoxy groups -OCH3 is 1. The number of rotatable bonds is 7. The minimum absolute atomic E-state index is 0.329. The number of nitrogens with one attached hydrogen (secondary N) is 1. The molecule has 3 nitrogen and oxygen atoms in total. The number of nitrogens with zero attached hydrogens (tertiary/aromatic N) is 1. The van der Waals surface area contributed by atoms with Crippen LogP contribution in [0.4, 0.5) is 0 Å². The van der Waals surface area contributed by atoms with Crippen molar-refractivity contribution in [3.05, 3.63) is 35.4 Å². The first-order chi connectivity index (χ1) is 9.18. The van der Waals surface area contributed by atoms with Gasteiger partial charge < -0.3 is 10.1 Å². The first kappa shape index (κ1) is 15.7. The maximum absolute atomic E-state index is 9.07. The summed E-state index contributed by atoms with van der Waals surface area (Å²) in [7, 11) is 3.73. The summed E-state index contributed by atoms with van der Waals surface area (Å²) in [5.41, 5.74) is 1.45. The lowest BCUT2D eigenvalue weighted by Gasteiger charge is -2.39. The normalized spacial score (nSPS) is 15.5. The van der Waals surface area contributed by atoms with Crippen LogP contribution < -0.4 is 5.32 Å². The monoisotopic (exact) mass is 260 g/mol. The average molecular weight is 260 g/mol. The second-order valence-electron chi connectivity index (χ2n) is 4.80. The average Bonchev–Trinajstić information content (AvgIpc) is 2.48. The van der Waals surface area contributed by atoms with Crippen LogP contribution in [0.15, 0.2) is 24.3 Å². The van der Waals surface area contributed by atoms with E-state index >= 15 is 0 Å². The largest absolute Gasteiger partial charge is 0.373 e. The maximum atomic E-state index is 9.07. The number of nitriles is 1. The fourth-order valence-corrected chi connectivity index (χ4v) is 2.89. The molecule has 0 saturated carbocycles. The van der Waals surface area contributed by atoms with Gasteiger partial charge in [0.1, 0.15) is 0 Å². The summed E-state index contributed by atoms with van der Waals surface area (Å²) >= 11 is 0. The van der Waals surface area contributed by atoms with E-state index in [1.54, 1.807) is 7.11 Å². The zero-order valence-corrected chi connectivity index (χ0v) is 12.4. The van der Waals surface area contributed by atoms with E-state index in [0.29, 0.717) is 11.5 Å². The van der Waals surface area contributed by atoms with E-state index in [1.165, 1.54) is 0 Å². The lowest BCUT2D eigenvalue weighted by Crippen LogP contribution is -2.41. The van der Waals surface area contributed by atoms with Crippen molar-refractivity contribution >= 4 is 0 Å². The lowest BCUT2D eigenvalue weighted by molar-refractivity contribution is -0.0684. The molecule has 0 saturated heterocycles. The summed E-state index contributed by atoms with van der Waals surface area (Å²) in [6, 6.07) is 9.98. The SMILES string of the molecule is CCC(CNC)C(CC)(OC)c1cccc(C#N)c1. The first-order valence-electron chi connectivity index (χ1n) is 6.88. The quantitative estimate of drug-likeness (QED) is 0.819. The number of hydrogen-bond acceptors (Lipinski definition) is 3. The zero-order chi connectivity index (χ0) is 14.3. The topological polar surface area (TPSA) is 45.0 Å². The molecule has 0 radical (unpaired) electrons. The second-order valence-corrected chi connectivity index (χ2v) is 4.80. The Morgan fingerprint density at radius 3 is 2.63 bits per heavy atom. The Hall–Kier alpha value is -1.37. The molecule has 2 unspecified atom stereocenters. The molecule has 1 N–H and O–H groups in total. The van der Waals surface area contributed by atoms with Crippen molar-refractivity contribution in [3.63, 3.8) is 0 Å². The molecule has 1 rings (SSSR count). The third-order valence-corrected chi connectivity index (χ3v) is 3.97. The summed E-state index contributed by atoms with van der Waals surface area (Å²) in [5, 5.41) is 12.3. The van der Waals surface area contributed by atoms with Crippen molar-refractivity contribution in [2.24, 2.45) is 5.92 Å². The minimum atomic E-state index is -0.329. The smallest absolute Gasteiger partial charge is 0.0991 e. The second kappa shape index (κ2) is 7.28. The van der Waals surface area contributed by atoms with Crippen molar-refractivity contribution in [3.8, 4) is 6.07 Å². The van der Waals surface area contributed by atoms with Crippen LogP contribution in [0.5, 0.6) is 0 Å². The number of benzene rings is 1. The predicted octanol–water partition coefficient (Wildman–Crippen LogP) is 3.06. The standard InChI is InChI=1S/C16H24N2O/c1-5-14(12-18-3)16(6-2,19-4)15-9-7-8-13(10-15)11-17/h7-10,14,18H,5-6,12H2,1-4H3. The number of hydrogen-bond donors (Lipinski definition) is 1. The summed E-state index contributed by atoms with van der Waals surface area (Å²) in [4.78, 5) is 0. The van der Waals surface area contributed by atoms with Crippen molar-refractivity contribution in [1.82, 2.24) is 5.32 Å². The van der Waals surface area contributed by atoms with Crippen LogP contribution in [0.25, 0.3) is 0 Å². The predicted molar refractivity (Wildman–Crippen MR) is 77.8 cm³/mol. The minimum Gasteiger partial charge on any atom is -0.373 e. The molecule has 0 spiro atoms. The molecule has 0 fully saturated rings. The molecule has 1 aromatic carbocycles. The molecule has 0 aliphatic heterocycles. The fourth-order valence-electron chi connectivity index (χ4n) is 2.89. The van der Waals surface area contributed by atoms with Gasteiger partial charge in [0, 0.05) is 19.6 Å². The van der Waals surface area contributed by atoms with E-state index in [2.05, 4.69) is 31.3 Å². The molecule has 2 atom stereocenters. The molecule has 0 bridgehead atoms. The van der Waals surface area contributed by atoms with Crippen molar-refractivity contribution in [1.29, 1.82) is 5.26 Å². The van der Waals surface area contributed by atoms with E-state index in [0.717, 1.165) is 24.9 Å². The molecule has 19 heavy (non-hydrogen) atoms. The van der Waals surface area contributed by atoms with Gasteiger partial charge in [0.25, 0.3) is 0 Å². The van der Waals surface area contributed by atoms with Gasteiger partial charge in [0.05, 0.1) is 17.2 Å². The summed E-state index contributed by atoms with van der Waals surface area (Å²) in [6.07, 6.45) is 1.91. The molecule has 104 valence electrons. The van der Waals surface area contributed by atoms with Gasteiger partial charge in [-0.3, -0.25) is 0 Å². The molecule has 0 aromatic heterocycles. The lowest BCUT2D eigenvalue weighted by atomic mass is 9.77. The van der Waals surface area contributed by atoms with Crippen LogP contribution >= 0.6 is 0 Å². The van der Waals surface area contributed by atoms with Crippen LogP contribution in [0.2, 0.25) is 0 Å². The Balaban J connectivity index is 3.27. The van der Waals surface area contributed by atoms with Crippen LogP contribution in [0, 0.1) is 17.2 Å². The molecular weight excluding hydrogens is 236 g/mol. The van der Waals surface area contributed by atoms with Gasteiger partial charge in [-0.2, -0.15) is 5.26 Å². The maximum Gasteiger partial charge on any atom is 0.0991 e. The summed E-state index contributed by atoms with van der Waals surface area (Å²) < 4.78 is 5.93. The first-order valence-corrected chi connectivity index (χ1v) is 6.88. The van der Waals surface area contributed by atoms with Gasteiger partial charge in [-0.1, -0.05) is 26.0 Å². The van der Waals surface area contributed by atoms with Crippen LogP contribution in [-0.2, 0) is 10.3 Å². The highest BCUT2D eigenvalue weighted by Gasteiger charge is 2.37. The fraction of sp³-hybridized carbons (Fsp3) is 0.562. The van der Waals surface area contributed by atoms with Crippen LogP contribution in [0.3, 0.4) is 0 Å². The van der Waals surface area contributed by atoms with Gasteiger partial charge in [-0.15, -0.1) is 0 Å². The third-order valence-electron chi connectivity index (χ3n) is 3.97. The van der Waals surface area contributed by atoms with E-state index in [9.17, 15) is 0 Å². The van der Waals surface area contributed by atoms with Crippen LogP contribution in [0.1, 0.15) is 37.8 Å². The highest BCUT2D eigenvalue weighted by molar-refractivity contribution is 5.36. The van der Waals surface area contributed by atoms with Crippen LogP contribution in [-0.4, -0.2) is 20.7 Å². The molecule has 1 aromatic rings. The van der Waals surface area contributed by atoms with E-state index < -0.39 is 0 Å².